The summed E-state index contributed by atoms with van der Waals surface area (Å²) in [5.41, 5.74) is 2.95. The van der Waals surface area contributed by atoms with Crippen LogP contribution in [-0.4, -0.2) is 43.7 Å². The van der Waals surface area contributed by atoms with Crippen molar-refractivity contribution in [1.82, 2.24) is 4.98 Å². The third-order valence-electron chi connectivity index (χ3n) is 4.92. The topological polar surface area (TPSA) is 65.6 Å². The number of esters is 1. The van der Waals surface area contributed by atoms with E-state index >= 15 is 0 Å². The fourth-order valence-electron chi connectivity index (χ4n) is 3.56. The average Bonchev–Trinajstić information content (AvgIpc) is 2.64. The fourth-order valence-corrected chi connectivity index (χ4v) is 3.56. The van der Waals surface area contributed by atoms with E-state index in [0.29, 0.717) is 11.1 Å². The molecule has 26 heavy (non-hydrogen) atoms. The van der Waals surface area contributed by atoms with Crippen molar-refractivity contribution in [3.8, 4) is 0 Å². The van der Waals surface area contributed by atoms with Crippen LogP contribution in [0.3, 0.4) is 0 Å². The molecule has 1 aromatic heterocycles. The van der Waals surface area contributed by atoms with Gasteiger partial charge in [-0.2, -0.15) is 0 Å². The molecule has 0 bridgehead atoms. The maximum atomic E-state index is 12.3. The van der Waals surface area contributed by atoms with Crippen LogP contribution in [0.5, 0.6) is 0 Å². The average molecular weight is 357 g/mol. The van der Waals surface area contributed by atoms with Crippen LogP contribution in [0.2, 0.25) is 0 Å². The van der Waals surface area contributed by atoms with Crippen LogP contribution in [0.4, 0.5) is 11.4 Å². The molecule has 2 heterocycles. The lowest BCUT2D eigenvalue weighted by Crippen LogP contribution is -2.41. The van der Waals surface area contributed by atoms with E-state index in [2.05, 4.69) is 28.6 Å². The van der Waals surface area contributed by atoms with Gasteiger partial charge in [0.1, 0.15) is 0 Å². The number of unbranched alkanes of at least 4 members (excludes halogenated alkanes) is 1. The van der Waals surface area contributed by atoms with Gasteiger partial charge < -0.3 is 19.5 Å². The minimum Gasteiger partial charge on any atom is -0.462 e. The Labute approximate surface area is 153 Å². The lowest BCUT2D eigenvalue weighted by Gasteiger charge is -2.39. The van der Waals surface area contributed by atoms with Crippen molar-refractivity contribution in [2.45, 2.75) is 33.6 Å². The molecule has 0 amide bonds. The van der Waals surface area contributed by atoms with Gasteiger partial charge in [-0.1, -0.05) is 13.3 Å². The second-order valence-electron chi connectivity index (χ2n) is 6.57. The number of rotatable bonds is 6. The number of carbonyl (C=O) groups is 1. The first-order chi connectivity index (χ1) is 12.6. The number of aromatic nitrogens is 1. The first-order valence-electron chi connectivity index (χ1n) is 9.47. The largest absolute Gasteiger partial charge is 0.462 e. The standard InChI is InChI=1S/C20H27N3O3/c1-4-7-8-23-10-9-22(5-2)17-11-14-15(20(25)26-6-3)12-19(24)21-16(14)13-18(17)23/h11-13H,4-10H2,1-3H3,(H,21,24). The number of anilines is 2. The highest BCUT2D eigenvalue weighted by atomic mass is 16.5. The number of H-pyrrole nitrogens is 1. The van der Waals surface area contributed by atoms with E-state index in [9.17, 15) is 9.59 Å². The predicted molar refractivity (Wildman–Crippen MR) is 106 cm³/mol. The number of benzene rings is 1. The summed E-state index contributed by atoms with van der Waals surface area (Å²) >= 11 is 0. The number of nitrogens with one attached hydrogen (secondary N) is 1. The van der Waals surface area contributed by atoms with Crippen LogP contribution in [0.1, 0.15) is 44.0 Å². The summed E-state index contributed by atoms with van der Waals surface area (Å²) < 4.78 is 5.15. The summed E-state index contributed by atoms with van der Waals surface area (Å²) in [5, 5.41) is 0.734. The number of fused-ring (bicyclic) bond motifs is 2. The normalized spacial score (nSPS) is 13.8. The molecule has 140 valence electrons. The van der Waals surface area contributed by atoms with Gasteiger partial charge in [-0.05, 0) is 32.4 Å². The summed E-state index contributed by atoms with van der Waals surface area (Å²) in [6, 6.07) is 5.36. The molecule has 6 heteroatoms. The van der Waals surface area contributed by atoms with Crippen LogP contribution in [0.15, 0.2) is 23.0 Å². The van der Waals surface area contributed by atoms with Crippen molar-refractivity contribution in [3.63, 3.8) is 0 Å². The Balaban J connectivity index is 2.18. The van der Waals surface area contributed by atoms with E-state index in [1.807, 2.05) is 12.1 Å². The minimum atomic E-state index is -0.453. The quantitative estimate of drug-likeness (QED) is 0.805. The van der Waals surface area contributed by atoms with Gasteiger partial charge in [0.15, 0.2) is 0 Å². The number of hydrogen-bond acceptors (Lipinski definition) is 5. The smallest absolute Gasteiger partial charge is 0.339 e. The molecular formula is C20H27N3O3. The van der Waals surface area contributed by atoms with Gasteiger partial charge in [-0.15, -0.1) is 0 Å². The van der Waals surface area contributed by atoms with Gasteiger partial charge in [-0.25, -0.2) is 4.79 Å². The summed E-state index contributed by atoms with van der Waals surface area (Å²) in [5.74, 6) is -0.453. The molecule has 0 saturated heterocycles. The maximum Gasteiger partial charge on any atom is 0.339 e. The van der Waals surface area contributed by atoms with Crippen molar-refractivity contribution in [2.75, 3.05) is 42.6 Å². The lowest BCUT2D eigenvalue weighted by molar-refractivity contribution is 0.0528. The molecule has 0 spiro atoms. The van der Waals surface area contributed by atoms with Gasteiger partial charge in [0.25, 0.3) is 0 Å². The molecular weight excluding hydrogens is 330 g/mol. The van der Waals surface area contributed by atoms with Crippen molar-refractivity contribution >= 4 is 28.2 Å². The Morgan fingerprint density at radius 3 is 2.54 bits per heavy atom. The number of pyridine rings is 1. The van der Waals surface area contributed by atoms with Crippen LogP contribution in [-0.2, 0) is 4.74 Å². The zero-order chi connectivity index (χ0) is 18.7. The van der Waals surface area contributed by atoms with Crippen LogP contribution < -0.4 is 15.4 Å². The summed E-state index contributed by atoms with van der Waals surface area (Å²) in [7, 11) is 0. The van der Waals surface area contributed by atoms with Gasteiger partial charge >= 0.3 is 5.97 Å². The van der Waals surface area contributed by atoms with E-state index in [1.54, 1.807) is 6.92 Å². The van der Waals surface area contributed by atoms with E-state index in [1.165, 1.54) is 6.07 Å². The molecule has 3 rings (SSSR count). The van der Waals surface area contributed by atoms with Crippen molar-refractivity contribution < 1.29 is 9.53 Å². The van der Waals surface area contributed by atoms with E-state index < -0.39 is 5.97 Å². The fraction of sp³-hybridized carbons (Fsp3) is 0.500. The molecule has 0 fully saturated rings. The Hall–Kier alpha value is -2.50. The highest BCUT2D eigenvalue weighted by Crippen LogP contribution is 2.37. The number of aromatic amines is 1. The van der Waals surface area contributed by atoms with Crippen molar-refractivity contribution in [1.29, 1.82) is 0 Å². The number of likely N-dealkylation sites (N-methyl/N-ethyl adjacent to an activating group) is 1. The highest BCUT2D eigenvalue weighted by molar-refractivity contribution is 6.06. The molecule has 1 aromatic carbocycles. The second kappa shape index (κ2) is 7.81. The van der Waals surface area contributed by atoms with Gasteiger partial charge in [0.2, 0.25) is 5.56 Å². The highest BCUT2D eigenvalue weighted by Gasteiger charge is 2.24. The van der Waals surface area contributed by atoms with Crippen LogP contribution in [0, 0.1) is 0 Å². The Morgan fingerprint density at radius 2 is 1.85 bits per heavy atom. The molecule has 0 saturated carbocycles. The molecule has 0 atom stereocenters. The molecule has 1 N–H and O–H groups in total. The van der Waals surface area contributed by atoms with Gasteiger partial charge in [0.05, 0.1) is 29.1 Å². The summed E-state index contributed by atoms with van der Waals surface area (Å²) in [6.07, 6.45) is 2.27. The zero-order valence-corrected chi connectivity index (χ0v) is 15.8. The number of carbonyl (C=O) groups excluding carboxylic acids is 1. The molecule has 6 nitrogen and oxygen atoms in total. The monoisotopic (exact) mass is 357 g/mol. The van der Waals surface area contributed by atoms with E-state index in [4.69, 9.17) is 4.74 Å². The zero-order valence-electron chi connectivity index (χ0n) is 15.8. The molecule has 2 aromatic rings. The van der Waals surface area contributed by atoms with E-state index in [0.717, 1.165) is 55.8 Å². The Morgan fingerprint density at radius 1 is 1.12 bits per heavy atom. The molecule has 0 unspecified atom stereocenters. The first kappa shape index (κ1) is 18.3. The van der Waals surface area contributed by atoms with Crippen molar-refractivity contribution in [2.24, 2.45) is 0 Å². The lowest BCUT2D eigenvalue weighted by atomic mass is 10.0. The minimum absolute atomic E-state index is 0.282. The Kier molecular flexibility index (Phi) is 5.49. The SMILES string of the molecule is CCCCN1CCN(CC)c2cc3c(C(=O)OCC)cc(=O)[nH]c3cc21. The summed E-state index contributed by atoms with van der Waals surface area (Å²) in [4.78, 5) is 32.0. The van der Waals surface area contributed by atoms with Gasteiger partial charge in [-0.3, -0.25) is 4.79 Å². The van der Waals surface area contributed by atoms with Crippen LogP contribution >= 0.6 is 0 Å². The molecule has 0 radical (unpaired) electrons. The molecule has 1 aliphatic rings. The number of ether oxygens (including phenoxy) is 1. The summed E-state index contributed by atoms with van der Waals surface area (Å²) in [6.45, 7) is 10.2. The second-order valence-corrected chi connectivity index (χ2v) is 6.57. The van der Waals surface area contributed by atoms with Crippen LogP contribution in [0.25, 0.3) is 10.9 Å². The molecule has 1 aliphatic heterocycles. The maximum absolute atomic E-state index is 12.3. The number of hydrogen-bond donors (Lipinski definition) is 1. The first-order valence-corrected chi connectivity index (χ1v) is 9.47. The van der Waals surface area contributed by atoms with E-state index in [-0.39, 0.29) is 12.2 Å². The van der Waals surface area contributed by atoms with Gasteiger partial charge in [0, 0.05) is 37.6 Å². The predicted octanol–water partition coefficient (Wildman–Crippen LogP) is 3.15. The van der Waals surface area contributed by atoms with Crippen molar-refractivity contribution in [3.05, 3.63) is 34.1 Å². The third kappa shape index (κ3) is 3.41. The number of nitrogens with zero attached hydrogens (tertiary/aromatic N) is 2. The third-order valence-corrected chi connectivity index (χ3v) is 4.92. The Bertz CT molecular complexity index is 859. The molecule has 0 aliphatic carbocycles.